The van der Waals surface area contributed by atoms with Gasteiger partial charge in [0.15, 0.2) is 6.61 Å². The Hall–Kier alpha value is -2.57. The van der Waals surface area contributed by atoms with Gasteiger partial charge in [0.2, 0.25) is 11.7 Å². The number of ether oxygens (including phenoxy) is 1. The second-order valence-corrected chi connectivity index (χ2v) is 6.09. The Labute approximate surface area is 141 Å². The molecule has 1 aliphatic rings. The number of amides is 2. The Balaban J connectivity index is 1.52. The van der Waals surface area contributed by atoms with E-state index in [4.69, 9.17) is 9.26 Å². The molecule has 0 saturated carbocycles. The van der Waals surface area contributed by atoms with Crippen molar-refractivity contribution >= 4 is 6.03 Å². The van der Waals surface area contributed by atoms with Crippen LogP contribution in [-0.2, 0) is 6.61 Å². The third-order valence-electron chi connectivity index (χ3n) is 4.09. The second kappa shape index (κ2) is 7.33. The molecular weight excluding hydrogens is 308 g/mol. The molecule has 0 unspecified atom stereocenters. The van der Waals surface area contributed by atoms with Crippen LogP contribution >= 0.6 is 0 Å². The summed E-state index contributed by atoms with van der Waals surface area (Å²) in [6.07, 6.45) is 1.67. The maximum Gasteiger partial charge on any atom is 0.319 e. The molecular formula is C17H22N4O3. The van der Waals surface area contributed by atoms with Crippen LogP contribution in [0.1, 0.15) is 30.5 Å². The molecule has 0 radical (unpaired) electrons. The summed E-state index contributed by atoms with van der Waals surface area (Å²) >= 11 is 0. The van der Waals surface area contributed by atoms with Gasteiger partial charge in [-0.1, -0.05) is 23.4 Å². The molecule has 2 heterocycles. The predicted molar refractivity (Wildman–Crippen MR) is 87.7 cm³/mol. The molecule has 0 bridgehead atoms. The lowest BCUT2D eigenvalue weighted by Gasteiger charge is -2.32. The number of hydrogen-bond acceptors (Lipinski definition) is 5. The van der Waals surface area contributed by atoms with Gasteiger partial charge in [-0.3, -0.25) is 0 Å². The minimum atomic E-state index is 0.0518. The second-order valence-electron chi connectivity index (χ2n) is 6.09. The summed E-state index contributed by atoms with van der Waals surface area (Å²) in [4.78, 5) is 19.8. The Morgan fingerprint density at radius 3 is 2.67 bits per heavy atom. The minimum absolute atomic E-state index is 0.0518. The number of piperidine rings is 1. The lowest BCUT2D eigenvalue weighted by Crippen LogP contribution is -2.43. The lowest BCUT2D eigenvalue weighted by atomic mass is 9.97. The quantitative estimate of drug-likeness (QED) is 0.861. The van der Waals surface area contributed by atoms with E-state index in [0.29, 0.717) is 24.8 Å². The summed E-state index contributed by atoms with van der Waals surface area (Å²) < 4.78 is 11.0. The van der Waals surface area contributed by atoms with Gasteiger partial charge in [-0.2, -0.15) is 4.98 Å². The number of aromatic nitrogens is 2. The van der Waals surface area contributed by atoms with Crippen molar-refractivity contribution in [3.63, 3.8) is 0 Å². The number of benzene rings is 1. The number of nitrogens with zero attached hydrogens (tertiary/aromatic N) is 4. The van der Waals surface area contributed by atoms with E-state index in [9.17, 15) is 4.79 Å². The molecule has 1 fully saturated rings. The maximum absolute atomic E-state index is 11.9. The Morgan fingerprint density at radius 1 is 1.29 bits per heavy atom. The Morgan fingerprint density at radius 2 is 2.00 bits per heavy atom. The summed E-state index contributed by atoms with van der Waals surface area (Å²) in [5, 5.41) is 3.99. The summed E-state index contributed by atoms with van der Waals surface area (Å²) in [6, 6.07) is 9.60. The number of urea groups is 1. The first-order valence-electron chi connectivity index (χ1n) is 8.10. The summed E-state index contributed by atoms with van der Waals surface area (Å²) in [7, 11) is 3.54. The van der Waals surface area contributed by atoms with Crippen molar-refractivity contribution in [2.75, 3.05) is 27.2 Å². The molecule has 1 aromatic carbocycles. The van der Waals surface area contributed by atoms with Gasteiger partial charge < -0.3 is 19.1 Å². The average molecular weight is 330 g/mol. The molecule has 3 rings (SSSR count). The highest BCUT2D eigenvalue weighted by Crippen LogP contribution is 2.27. The van der Waals surface area contributed by atoms with E-state index in [1.807, 2.05) is 35.2 Å². The van der Waals surface area contributed by atoms with Crippen LogP contribution < -0.4 is 4.74 Å². The van der Waals surface area contributed by atoms with E-state index < -0.39 is 0 Å². The van der Waals surface area contributed by atoms with Gasteiger partial charge in [0, 0.05) is 33.1 Å². The van der Waals surface area contributed by atoms with Crippen molar-refractivity contribution in [1.82, 2.24) is 19.9 Å². The first kappa shape index (κ1) is 16.3. The summed E-state index contributed by atoms with van der Waals surface area (Å²) in [5.74, 6) is 2.16. The number of hydrogen-bond donors (Lipinski definition) is 0. The zero-order valence-corrected chi connectivity index (χ0v) is 14.0. The predicted octanol–water partition coefficient (Wildman–Crippen LogP) is 2.51. The SMILES string of the molecule is CN(C)C(=O)N1CCC(c2nc(COc3ccccc3)no2)CC1. The fourth-order valence-electron chi connectivity index (χ4n) is 2.76. The van der Waals surface area contributed by atoms with Crippen LogP contribution in [0.5, 0.6) is 5.75 Å². The number of carbonyl (C=O) groups is 1. The number of para-hydroxylation sites is 1. The van der Waals surface area contributed by atoms with Crippen LogP contribution in [0.2, 0.25) is 0 Å². The van der Waals surface area contributed by atoms with E-state index in [1.54, 1.807) is 19.0 Å². The summed E-state index contributed by atoms with van der Waals surface area (Å²) in [6.45, 7) is 1.70. The highest BCUT2D eigenvalue weighted by molar-refractivity contribution is 5.73. The molecule has 0 N–H and O–H groups in total. The summed E-state index contributed by atoms with van der Waals surface area (Å²) in [5.41, 5.74) is 0. The van der Waals surface area contributed by atoms with E-state index in [1.165, 1.54) is 0 Å². The first-order valence-corrected chi connectivity index (χ1v) is 8.10. The highest BCUT2D eigenvalue weighted by Gasteiger charge is 2.28. The molecule has 7 nitrogen and oxygen atoms in total. The Bertz CT molecular complexity index is 663. The molecule has 2 aromatic rings. The van der Waals surface area contributed by atoms with Gasteiger partial charge in [-0.05, 0) is 25.0 Å². The number of rotatable bonds is 4. The molecule has 2 amide bonds. The van der Waals surface area contributed by atoms with Crippen molar-refractivity contribution in [3.05, 3.63) is 42.0 Å². The zero-order valence-electron chi connectivity index (χ0n) is 14.0. The van der Waals surface area contributed by atoms with Crippen LogP contribution in [-0.4, -0.2) is 53.2 Å². The molecule has 7 heteroatoms. The third kappa shape index (κ3) is 3.84. The van der Waals surface area contributed by atoms with Crippen LogP contribution in [0.4, 0.5) is 4.79 Å². The normalized spacial score (nSPS) is 15.3. The maximum atomic E-state index is 11.9. The molecule has 0 atom stereocenters. The Kier molecular flexibility index (Phi) is 4.98. The van der Waals surface area contributed by atoms with E-state index >= 15 is 0 Å². The van der Waals surface area contributed by atoms with Gasteiger partial charge in [-0.15, -0.1) is 0 Å². The number of carbonyl (C=O) groups excluding carboxylic acids is 1. The highest BCUT2D eigenvalue weighted by atomic mass is 16.5. The lowest BCUT2D eigenvalue weighted by molar-refractivity contribution is 0.152. The monoisotopic (exact) mass is 330 g/mol. The average Bonchev–Trinajstić information content (AvgIpc) is 3.09. The van der Waals surface area contributed by atoms with Gasteiger partial charge in [-0.25, -0.2) is 4.79 Å². The van der Waals surface area contributed by atoms with Crippen LogP contribution in [0.15, 0.2) is 34.9 Å². The van der Waals surface area contributed by atoms with Gasteiger partial charge >= 0.3 is 6.03 Å². The van der Waals surface area contributed by atoms with E-state index in [-0.39, 0.29) is 18.6 Å². The fraction of sp³-hybridized carbons (Fsp3) is 0.471. The standard InChI is InChI=1S/C17H22N4O3/c1-20(2)17(22)21-10-8-13(9-11-21)16-18-15(19-24-16)12-23-14-6-4-3-5-7-14/h3-7,13H,8-12H2,1-2H3. The van der Waals surface area contributed by atoms with Crippen LogP contribution in [0, 0.1) is 0 Å². The van der Waals surface area contributed by atoms with E-state index in [0.717, 1.165) is 18.6 Å². The third-order valence-corrected chi connectivity index (χ3v) is 4.09. The van der Waals surface area contributed by atoms with E-state index in [2.05, 4.69) is 10.1 Å². The molecule has 1 saturated heterocycles. The molecule has 24 heavy (non-hydrogen) atoms. The number of likely N-dealkylation sites (tertiary alicyclic amines) is 1. The van der Waals surface area contributed by atoms with Crippen LogP contribution in [0.3, 0.4) is 0 Å². The van der Waals surface area contributed by atoms with Gasteiger partial charge in [0.1, 0.15) is 5.75 Å². The zero-order chi connectivity index (χ0) is 16.9. The van der Waals surface area contributed by atoms with Crippen LogP contribution in [0.25, 0.3) is 0 Å². The van der Waals surface area contributed by atoms with Gasteiger partial charge in [0.05, 0.1) is 0 Å². The van der Waals surface area contributed by atoms with Crippen molar-refractivity contribution in [2.24, 2.45) is 0 Å². The molecule has 1 aliphatic heterocycles. The molecule has 128 valence electrons. The minimum Gasteiger partial charge on any atom is -0.485 e. The molecule has 0 spiro atoms. The van der Waals surface area contributed by atoms with Crippen molar-refractivity contribution < 1.29 is 14.1 Å². The molecule has 0 aliphatic carbocycles. The fourth-order valence-corrected chi connectivity index (χ4v) is 2.76. The molecule has 1 aromatic heterocycles. The van der Waals surface area contributed by atoms with Crippen molar-refractivity contribution in [2.45, 2.75) is 25.4 Å². The largest absolute Gasteiger partial charge is 0.485 e. The smallest absolute Gasteiger partial charge is 0.319 e. The van der Waals surface area contributed by atoms with Gasteiger partial charge in [0.25, 0.3) is 0 Å². The van der Waals surface area contributed by atoms with Crippen molar-refractivity contribution in [3.8, 4) is 5.75 Å². The first-order chi connectivity index (χ1) is 11.6. The van der Waals surface area contributed by atoms with Crippen molar-refractivity contribution in [1.29, 1.82) is 0 Å². The topological polar surface area (TPSA) is 71.7 Å².